The minimum absolute atomic E-state index is 0.591. The van der Waals surface area contributed by atoms with Crippen LogP contribution in [0.25, 0.3) is 0 Å². The number of ether oxygens (including phenoxy) is 1. The highest BCUT2D eigenvalue weighted by atomic mass is 35.5. The Morgan fingerprint density at radius 1 is 1.19 bits per heavy atom. The monoisotopic (exact) mass is 304 g/mol. The Labute approximate surface area is 131 Å². The second kappa shape index (κ2) is 8.01. The summed E-state index contributed by atoms with van der Waals surface area (Å²) in [6.07, 6.45) is 2.00. The zero-order valence-corrected chi connectivity index (χ0v) is 13.3. The molecule has 0 amide bonds. The molecule has 0 saturated carbocycles. The predicted molar refractivity (Wildman–Crippen MR) is 87.1 cm³/mol. The van der Waals surface area contributed by atoms with E-state index in [2.05, 4.69) is 30.2 Å². The Kier molecular flexibility index (Phi) is 6.03. The van der Waals surface area contributed by atoms with E-state index < -0.39 is 0 Å². The van der Waals surface area contributed by atoms with Crippen molar-refractivity contribution in [3.8, 4) is 11.6 Å². The van der Waals surface area contributed by atoms with E-state index in [4.69, 9.17) is 16.3 Å². The molecule has 21 heavy (non-hydrogen) atoms. The summed E-state index contributed by atoms with van der Waals surface area (Å²) in [6, 6.07) is 11.5. The SMILES string of the molecule is CCCc1cc(CNCC)cc(Oc2ccccc2Cl)n1. The van der Waals surface area contributed by atoms with Crippen LogP contribution in [0.3, 0.4) is 0 Å². The first-order valence-corrected chi connectivity index (χ1v) is 7.73. The van der Waals surface area contributed by atoms with Gasteiger partial charge in [-0.2, -0.15) is 0 Å². The molecule has 0 aliphatic carbocycles. The molecule has 0 spiro atoms. The Bertz CT molecular complexity index is 587. The van der Waals surface area contributed by atoms with Gasteiger partial charge in [0.15, 0.2) is 0 Å². The number of nitrogens with one attached hydrogen (secondary N) is 1. The van der Waals surface area contributed by atoms with Crippen LogP contribution < -0.4 is 10.1 Å². The lowest BCUT2D eigenvalue weighted by Gasteiger charge is -2.11. The van der Waals surface area contributed by atoms with Gasteiger partial charge in [0.1, 0.15) is 5.75 Å². The molecule has 1 aromatic carbocycles. The number of pyridine rings is 1. The lowest BCUT2D eigenvalue weighted by Crippen LogP contribution is -2.12. The van der Waals surface area contributed by atoms with Crippen molar-refractivity contribution >= 4 is 11.6 Å². The topological polar surface area (TPSA) is 34.1 Å². The minimum atomic E-state index is 0.591. The third kappa shape index (κ3) is 4.73. The number of para-hydroxylation sites is 1. The third-order valence-electron chi connectivity index (χ3n) is 3.05. The van der Waals surface area contributed by atoms with Crippen molar-refractivity contribution in [3.63, 3.8) is 0 Å². The van der Waals surface area contributed by atoms with E-state index in [9.17, 15) is 0 Å². The Morgan fingerprint density at radius 3 is 2.71 bits per heavy atom. The fourth-order valence-corrected chi connectivity index (χ4v) is 2.24. The maximum absolute atomic E-state index is 6.13. The van der Waals surface area contributed by atoms with Gasteiger partial charge in [0, 0.05) is 18.3 Å². The van der Waals surface area contributed by atoms with E-state index in [1.165, 1.54) is 5.56 Å². The average molecular weight is 305 g/mol. The number of aromatic nitrogens is 1. The van der Waals surface area contributed by atoms with Crippen LogP contribution in [0.2, 0.25) is 5.02 Å². The average Bonchev–Trinajstić information content (AvgIpc) is 2.48. The summed E-state index contributed by atoms with van der Waals surface area (Å²) in [5.41, 5.74) is 2.23. The number of halogens is 1. The van der Waals surface area contributed by atoms with Crippen LogP contribution in [-0.2, 0) is 13.0 Å². The zero-order chi connectivity index (χ0) is 15.1. The quantitative estimate of drug-likeness (QED) is 0.812. The maximum Gasteiger partial charge on any atom is 0.219 e. The molecule has 1 aromatic heterocycles. The highest BCUT2D eigenvalue weighted by molar-refractivity contribution is 6.32. The van der Waals surface area contributed by atoms with Crippen LogP contribution in [0.4, 0.5) is 0 Å². The lowest BCUT2D eigenvalue weighted by atomic mass is 10.1. The summed E-state index contributed by atoms with van der Waals surface area (Å²) in [7, 11) is 0. The Hall–Kier alpha value is -1.58. The first-order valence-electron chi connectivity index (χ1n) is 7.35. The van der Waals surface area contributed by atoms with Gasteiger partial charge in [0.05, 0.1) is 5.02 Å². The molecule has 0 saturated heterocycles. The molecule has 112 valence electrons. The molecule has 4 heteroatoms. The van der Waals surface area contributed by atoms with Gasteiger partial charge in [0.2, 0.25) is 5.88 Å². The number of benzene rings is 1. The maximum atomic E-state index is 6.13. The van der Waals surface area contributed by atoms with Crippen molar-refractivity contribution < 1.29 is 4.74 Å². The van der Waals surface area contributed by atoms with Crippen LogP contribution in [0, 0.1) is 0 Å². The van der Waals surface area contributed by atoms with Gasteiger partial charge >= 0.3 is 0 Å². The molecule has 0 bridgehead atoms. The molecule has 0 unspecified atom stereocenters. The summed E-state index contributed by atoms with van der Waals surface area (Å²) in [5, 5.41) is 3.92. The smallest absolute Gasteiger partial charge is 0.219 e. The highest BCUT2D eigenvalue weighted by Gasteiger charge is 2.07. The van der Waals surface area contributed by atoms with Gasteiger partial charge in [0.25, 0.3) is 0 Å². The Morgan fingerprint density at radius 2 is 2.00 bits per heavy atom. The zero-order valence-electron chi connectivity index (χ0n) is 12.5. The van der Waals surface area contributed by atoms with Gasteiger partial charge in [-0.05, 0) is 36.7 Å². The largest absolute Gasteiger partial charge is 0.437 e. The molecule has 0 fully saturated rings. The summed E-state index contributed by atoms with van der Waals surface area (Å²) in [5.74, 6) is 1.23. The molecule has 3 nitrogen and oxygen atoms in total. The molecule has 1 N–H and O–H groups in total. The first kappa shape index (κ1) is 15.8. The van der Waals surface area contributed by atoms with Crippen molar-refractivity contribution in [2.75, 3.05) is 6.54 Å². The van der Waals surface area contributed by atoms with E-state index >= 15 is 0 Å². The summed E-state index contributed by atoms with van der Waals surface area (Å²) < 4.78 is 5.85. The van der Waals surface area contributed by atoms with E-state index in [0.29, 0.717) is 16.7 Å². The fraction of sp³-hybridized carbons (Fsp3) is 0.353. The van der Waals surface area contributed by atoms with Crippen LogP contribution in [0.5, 0.6) is 11.6 Å². The van der Waals surface area contributed by atoms with E-state index in [0.717, 1.165) is 31.6 Å². The minimum Gasteiger partial charge on any atom is -0.437 e. The van der Waals surface area contributed by atoms with Crippen LogP contribution in [-0.4, -0.2) is 11.5 Å². The normalized spacial score (nSPS) is 10.6. The second-order valence-electron chi connectivity index (χ2n) is 4.87. The molecule has 0 atom stereocenters. The lowest BCUT2D eigenvalue weighted by molar-refractivity contribution is 0.459. The molecule has 0 aliphatic heterocycles. The molecular weight excluding hydrogens is 284 g/mol. The summed E-state index contributed by atoms with van der Waals surface area (Å²) >= 11 is 6.13. The predicted octanol–water partition coefficient (Wildman–Crippen LogP) is 4.59. The van der Waals surface area contributed by atoms with Crippen molar-refractivity contribution in [1.29, 1.82) is 0 Å². The van der Waals surface area contributed by atoms with Crippen molar-refractivity contribution in [2.24, 2.45) is 0 Å². The molecule has 1 heterocycles. The summed E-state index contributed by atoms with van der Waals surface area (Å²) in [4.78, 5) is 4.56. The molecule has 2 rings (SSSR count). The third-order valence-corrected chi connectivity index (χ3v) is 3.36. The number of rotatable bonds is 7. The second-order valence-corrected chi connectivity index (χ2v) is 5.27. The van der Waals surface area contributed by atoms with Crippen molar-refractivity contribution in [3.05, 3.63) is 52.7 Å². The van der Waals surface area contributed by atoms with Gasteiger partial charge in [-0.15, -0.1) is 0 Å². The van der Waals surface area contributed by atoms with Crippen LogP contribution in [0.15, 0.2) is 36.4 Å². The number of aryl methyl sites for hydroxylation is 1. The van der Waals surface area contributed by atoms with Gasteiger partial charge in [-0.25, -0.2) is 4.98 Å². The molecule has 2 aromatic rings. The Balaban J connectivity index is 2.24. The van der Waals surface area contributed by atoms with E-state index in [1.807, 2.05) is 30.3 Å². The number of hydrogen-bond acceptors (Lipinski definition) is 3. The highest BCUT2D eigenvalue weighted by Crippen LogP contribution is 2.28. The fourth-order valence-electron chi connectivity index (χ4n) is 2.07. The first-order chi connectivity index (χ1) is 10.2. The van der Waals surface area contributed by atoms with Crippen LogP contribution in [0.1, 0.15) is 31.5 Å². The van der Waals surface area contributed by atoms with Crippen molar-refractivity contribution in [1.82, 2.24) is 10.3 Å². The molecule has 0 aliphatic rings. The van der Waals surface area contributed by atoms with E-state index in [-0.39, 0.29) is 0 Å². The van der Waals surface area contributed by atoms with Crippen molar-refractivity contribution in [2.45, 2.75) is 33.2 Å². The van der Waals surface area contributed by atoms with E-state index in [1.54, 1.807) is 0 Å². The summed E-state index contributed by atoms with van der Waals surface area (Å²) in [6.45, 7) is 5.99. The standard InChI is InChI=1S/C17H21ClN2O/c1-3-7-14-10-13(12-19-4-2)11-17(20-14)21-16-9-6-5-8-15(16)18/h5-6,8-11,19H,3-4,7,12H2,1-2H3. The molecular formula is C17H21ClN2O. The number of hydrogen-bond donors (Lipinski definition) is 1. The van der Waals surface area contributed by atoms with Crippen LogP contribution >= 0.6 is 11.6 Å². The van der Waals surface area contributed by atoms with Gasteiger partial charge in [-0.1, -0.05) is 44.0 Å². The molecule has 0 radical (unpaired) electrons. The number of nitrogens with zero attached hydrogens (tertiary/aromatic N) is 1. The van der Waals surface area contributed by atoms with Gasteiger partial charge in [-0.3, -0.25) is 0 Å². The van der Waals surface area contributed by atoms with Gasteiger partial charge < -0.3 is 10.1 Å².